The standard InChI is InChI=1S/C19H21FN4O/c1-12-5-7-14(21-10-12)17-18(23-16(25)9-19(2,3)4)22-15-8-6-13(20)11-24(15)17/h5-8,10-11H,9H2,1-4H3,(H,23,25). The van der Waals surface area contributed by atoms with E-state index in [9.17, 15) is 9.18 Å². The lowest BCUT2D eigenvalue weighted by Crippen LogP contribution is -2.20. The van der Waals surface area contributed by atoms with Gasteiger partial charge >= 0.3 is 0 Å². The Kier molecular flexibility index (Phi) is 4.29. The van der Waals surface area contributed by atoms with E-state index in [1.807, 2.05) is 39.8 Å². The van der Waals surface area contributed by atoms with Gasteiger partial charge in [0.15, 0.2) is 5.82 Å². The molecule has 25 heavy (non-hydrogen) atoms. The van der Waals surface area contributed by atoms with E-state index in [1.165, 1.54) is 12.3 Å². The second-order valence-corrected chi connectivity index (χ2v) is 7.39. The van der Waals surface area contributed by atoms with Crippen molar-refractivity contribution in [1.29, 1.82) is 0 Å². The van der Waals surface area contributed by atoms with Crippen LogP contribution in [0.3, 0.4) is 0 Å². The Morgan fingerprint density at radius 1 is 1.24 bits per heavy atom. The molecule has 0 saturated carbocycles. The van der Waals surface area contributed by atoms with Crippen molar-refractivity contribution in [3.63, 3.8) is 0 Å². The van der Waals surface area contributed by atoms with Crippen LogP contribution in [0.5, 0.6) is 0 Å². The number of amides is 1. The second kappa shape index (κ2) is 6.27. The van der Waals surface area contributed by atoms with Crippen molar-refractivity contribution in [3.05, 3.63) is 48.0 Å². The van der Waals surface area contributed by atoms with Crippen molar-refractivity contribution >= 4 is 17.4 Å². The predicted molar refractivity (Wildman–Crippen MR) is 95.8 cm³/mol. The number of carbonyl (C=O) groups excluding carboxylic acids is 1. The van der Waals surface area contributed by atoms with Gasteiger partial charge in [-0.15, -0.1) is 0 Å². The highest BCUT2D eigenvalue weighted by Crippen LogP contribution is 2.29. The highest BCUT2D eigenvalue weighted by atomic mass is 19.1. The molecule has 0 aliphatic rings. The maximum absolute atomic E-state index is 13.7. The molecule has 0 saturated heterocycles. The van der Waals surface area contributed by atoms with Crippen LogP contribution >= 0.6 is 0 Å². The first-order valence-electron chi connectivity index (χ1n) is 8.13. The fraction of sp³-hybridized carbons (Fsp3) is 0.316. The lowest BCUT2D eigenvalue weighted by Gasteiger charge is -2.17. The Labute approximate surface area is 145 Å². The zero-order valence-electron chi connectivity index (χ0n) is 14.8. The predicted octanol–water partition coefficient (Wildman–Crippen LogP) is 4.22. The van der Waals surface area contributed by atoms with Crippen molar-refractivity contribution in [2.45, 2.75) is 34.1 Å². The minimum absolute atomic E-state index is 0.135. The number of pyridine rings is 2. The molecule has 5 nitrogen and oxygen atoms in total. The molecule has 0 aromatic carbocycles. The Morgan fingerprint density at radius 2 is 2.00 bits per heavy atom. The smallest absolute Gasteiger partial charge is 0.226 e. The van der Waals surface area contributed by atoms with Gasteiger partial charge in [-0.1, -0.05) is 26.8 Å². The van der Waals surface area contributed by atoms with Gasteiger partial charge in [0.1, 0.15) is 17.2 Å². The van der Waals surface area contributed by atoms with Crippen LogP contribution in [0.2, 0.25) is 0 Å². The maximum atomic E-state index is 13.7. The van der Waals surface area contributed by atoms with Gasteiger partial charge in [-0.3, -0.25) is 14.2 Å². The number of rotatable bonds is 3. The summed E-state index contributed by atoms with van der Waals surface area (Å²) in [7, 11) is 0. The lowest BCUT2D eigenvalue weighted by atomic mass is 9.92. The fourth-order valence-corrected chi connectivity index (χ4v) is 2.62. The summed E-state index contributed by atoms with van der Waals surface area (Å²) in [5.41, 5.74) is 2.61. The van der Waals surface area contributed by atoms with E-state index in [4.69, 9.17) is 0 Å². The maximum Gasteiger partial charge on any atom is 0.226 e. The van der Waals surface area contributed by atoms with E-state index in [-0.39, 0.29) is 17.1 Å². The van der Waals surface area contributed by atoms with Crippen molar-refractivity contribution in [2.24, 2.45) is 5.41 Å². The Hall–Kier alpha value is -2.76. The second-order valence-electron chi connectivity index (χ2n) is 7.39. The molecular formula is C19H21FN4O. The van der Waals surface area contributed by atoms with E-state index in [0.717, 1.165) is 5.56 Å². The molecule has 3 aromatic rings. The van der Waals surface area contributed by atoms with E-state index < -0.39 is 0 Å². The number of aryl methyl sites for hydroxylation is 1. The summed E-state index contributed by atoms with van der Waals surface area (Å²) in [6.45, 7) is 7.92. The van der Waals surface area contributed by atoms with E-state index in [0.29, 0.717) is 29.3 Å². The molecule has 0 atom stereocenters. The van der Waals surface area contributed by atoms with Crippen molar-refractivity contribution in [3.8, 4) is 11.4 Å². The molecule has 3 rings (SSSR count). The van der Waals surface area contributed by atoms with Gasteiger partial charge in [0.2, 0.25) is 5.91 Å². The zero-order valence-corrected chi connectivity index (χ0v) is 14.8. The third-order valence-electron chi connectivity index (χ3n) is 3.69. The molecule has 6 heteroatoms. The van der Waals surface area contributed by atoms with Crippen LogP contribution in [0.15, 0.2) is 36.7 Å². The molecule has 0 radical (unpaired) electrons. The average Bonchev–Trinajstić information content (AvgIpc) is 2.83. The highest BCUT2D eigenvalue weighted by Gasteiger charge is 2.21. The van der Waals surface area contributed by atoms with Gasteiger partial charge in [0.25, 0.3) is 0 Å². The molecule has 130 valence electrons. The Morgan fingerprint density at radius 3 is 2.64 bits per heavy atom. The Bertz CT molecular complexity index is 923. The summed E-state index contributed by atoms with van der Waals surface area (Å²) in [5, 5.41) is 2.86. The van der Waals surface area contributed by atoms with Gasteiger partial charge in [-0.05, 0) is 36.1 Å². The van der Waals surface area contributed by atoms with Gasteiger partial charge in [-0.25, -0.2) is 9.37 Å². The third kappa shape index (κ3) is 3.84. The fourth-order valence-electron chi connectivity index (χ4n) is 2.62. The van der Waals surface area contributed by atoms with Crippen LogP contribution in [-0.2, 0) is 4.79 Å². The monoisotopic (exact) mass is 340 g/mol. The minimum atomic E-state index is -0.383. The summed E-state index contributed by atoms with van der Waals surface area (Å²) >= 11 is 0. The number of carbonyl (C=O) groups is 1. The zero-order chi connectivity index (χ0) is 18.2. The van der Waals surface area contributed by atoms with Gasteiger partial charge in [0, 0.05) is 18.8 Å². The minimum Gasteiger partial charge on any atom is -0.309 e. The van der Waals surface area contributed by atoms with E-state index >= 15 is 0 Å². The number of hydrogen-bond acceptors (Lipinski definition) is 3. The molecule has 3 heterocycles. The normalized spacial score (nSPS) is 11.7. The molecular weight excluding hydrogens is 319 g/mol. The molecule has 0 unspecified atom stereocenters. The van der Waals surface area contributed by atoms with Gasteiger partial charge in [-0.2, -0.15) is 0 Å². The third-order valence-corrected chi connectivity index (χ3v) is 3.69. The van der Waals surface area contributed by atoms with Crippen LogP contribution in [0, 0.1) is 18.2 Å². The number of imidazole rings is 1. The number of aromatic nitrogens is 3. The molecule has 0 bridgehead atoms. The van der Waals surface area contributed by atoms with Crippen LogP contribution in [0.25, 0.3) is 17.0 Å². The average molecular weight is 340 g/mol. The topological polar surface area (TPSA) is 59.3 Å². The number of nitrogens with zero attached hydrogens (tertiary/aromatic N) is 3. The Balaban J connectivity index is 2.09. The number of nitrogens with one attached hydrogen (secondary N) is 1. The lowest BCUT2D eigenvalue weighted by molar-refractivity contribution is -0.117. The SMILES string of the molecule is Cc1ccc(-c2c(NC(=O)CC(C)(C)C)nc3ccc(F)cn23)nc1. The summed E-state index contributed by atoms with van der Waals surface area (Å²) in [6.07, 6.45) is 3.43. The number of halogens is 1. The first-order chi connectivity index (χ1) is 11.7. The van der Waals surface area contributed by atoms with Gasteiger partial charge < -0.3 is 5.32 Å². The number of hydrogen-bond donors (Lipinski definition) is 1. The molecule has 0 aliphatic carbocycles. The summed E-state index contributed by atoms with van der Waals surface area (Å²) in [4.78, 5) is 21.2. The number of anilines is 1. The van der Waals surface area contributed by atoms with Gasteiger partial charge in [0.05, 0.1) is 5.69 Å². The van der Waals surface area contributed by atoms with Crippen LogP contribution in [0.1, 0.15) is 32.8 Å². The van der Waals surface area contributed by atoms with Crippen molar-refractivity contribution < 1.29 is 9.18 Å². The highest BCUT2D eigenvalue weighted by molar-refractivity contribution is 5.94. The van der Waals surface area contributed by atoms with Crippen LogP contribution in [-0.4, -0.2) is 20.3 Å². The van der Waals surface area contributed by atoms with E-state index in [2.05, 4.69) is 15.3 Å². The number of fused-ring (bicyclic) bond motifs is 1. The van der Waals surface area contributed by atoms with Crippen LogP contribution < -0.4 is 5.32 Å². The largest absolute Gasteiger partial charge is 0.309 e. The van der Waals surface area contributed by atoms with Crippen molar-refractivity contribution in [1.82, 2.24) is 14.4 Å². The van der Waals surface area contributed by atoms with Crippen LogP contribution in [0.4, 0.5) is 10.2 Å². The molecule has 0 aliphatic heterocycles. The quantitative estimate of drug-likeness (QED) is 0.776. The summed E-state index contributed by atoms with van der Waals surface area (Å²) in [6, 6.07) is 6.67. The van der Waals surface area contributed by atoms with E-state index in [1.54, 1.807) is 16.7 Å². The van der Waals surface area contributed by atoms with Crippen molar-refractivity contribution in [2.75, 3.05) is 5.32 Å². The summed E-state index contributed by atoms with van der Waals surface area (Å²) < 4.78 is 15.3. The summed E-state index contributed by atoms with van der Waals surface area (Å²) in [5.74, 6) is -0.133. The first kappa shape index (κ1) is 17.1. The molecule has 0 spiro atoms. The molecule has 0 fully saturated rings. The molecule has 3 aromatic heterocycles. The molecule has 1 amide bonds. The molecule has 1 N–H and O–H groups in total. The first-order valence-corrected chi connectivity index (χ1v) is 8.13.